The monoisotopic (exact) mass is 562 g/mol. The van der Waals surface area contributed by atoms with Gasteiger partial charge in [0.25, 0.3) is 0 Å². The largest absolute Gasteiger partial charge is 0.256 e. The lowest BCUT2D eigenvalue weighted by Crippen LogP contribution is -1.98. The summed E-state index contributed by atoms with van der Waals surface area (Å²) in [5.74, 6) is 0.647. The molecule has 8 rings (SSSR count). The van der Waals surface area contributed by atoms with Crippen LogP contribution in [-0.2, 0) is 0 Å². The third-order valence-electron chi connectivity index (χ3n) is 7.97. The van der Waals surface area contributed by atoms with Crippen molar-refractivity contribution in [3.05, 3.63) is 158 Å². The zero-order valence-electron chi connectivity index (χ0n) is 23.8. The van der Waals surface area contributed by atoms with Gasteiger partial charge in [-0.1, -0.05) is 97.1 Å². The summed E-state index contributed by atoms with van der Waals surface area (Å²) in [6.45, 7) is 0. The van der Waals surface area contributed by atoms with Crippen LogP contribution in [0.4, 0.5) is 0 Å². The van der Waals surface area contributed by atoms with E-state index in [0.717, 1.165) is 61.4 Å². The Morgan fingerprint density at radius 3 is 1.30 bits per heavy atom. The van der Waals surface area contributed by atoms with Gasteiger partial charge in [0.15, 0.2) is 5.82 Å². The van der Waals surface area contributed by atoms with Gasteiger partial charge >= 0.3 is 0 Å². The molecule has 4 nitrogen and oxygen atoms in total. The summed E-state index contributed by atoms with van der Waals surface area (Å²) >= 11 is 0. The number of fused-ring (bicyclic) bond motifs is 2. The van der Waals surface area contributed by atoms with Crippen molar-refractivity contribution in [2.75, 3.05) is 0 Å². The van der Waals surface area contributed by atoms with Gasteiger partial charge in [-0.15, -0.1) is 0 Å². The Balaban J connectivity index is 1.41. The maximum Gasteiger partial charge on any atom is 0.160 e. The topological polar surface area (TPSA) is 51.6 Å². The van der Waals surface area contributed by atoms with Crippen LogP contribution < -0.4 is 0 Å². The molecule has 44 heavy (non-hydrogen) atoms. The third-order valence-corrected chi connectivity index (χ3v) is 7.97. The standard InChI is InChI=1S/C40H26N4/c1-3-15-32-27(11-1)13-9-17-34(32)38-26-39(35-18-10-14-28-12-2-4-16-33(28)35)44-40(43-38)31-24-29(36-19-5-7-21-41-36)23-30(25-31)37-20-6-8-22-42-37/h1-26H. The molecule has 0 bridgehead atoms. The molecule has 5 aromatic carbocycles. The Labute approximate surface area is 255 Å². The van der Waals surface area contributed by atoms with Gasteiger partial charge in [0.2, 0.25) is 0 Å². The summed E-state index contributed by atoms with van der Waals surface area (Å²) in [6, 6.07) is 50.1. The quantitative estimate of drug-likeness (QED) is 0.209. The zero-order chi connectivity index (χ0) is 29.3. The molecule has 0 fully saturated rings. The van der Waals surface area contributed by atoms with Gasteiger partial charge in [0.05, 0.1) is 22.8 Å². The van der Waals surface area contributed by atoms with E-state index in [1.807, 2.05) is 48.8 Å². The molecule has 0 aliphatic rings. The molecular weight excluding hydrogens is 536 g/mol. The minimum absolute atomic E-state index is 0.647. The van der Waals surface area contributed by atoms with Crippen LogP contribution in [0.2, 0.25) is 0 Å². The highest BCUT2D eigenvalue weighted by atomic mass is 14.9. The smallest absolute Gasteiger partial charge is 0.160 e. The molecule has 0 spiro atoms. The van der Waals surface area contributed by atoms with Crippen LogP contribution in [-0.4, -0.2) is 19.9 Å². The van der Waals surface area contributed by atoms with E-state index in [1.54, 1.807) is 0 Å². The molecule has 3 heterocycles. The summed E-state index contributed by atoms with van der Waals surface area (Å²) in [5.41, 5.74) is 8.51. The van der Waals surface area contributed by atoms with Gasteiger partial charge in [0.1, 0.15) is 0 Å². The Bertz CT molecular complexity index is 2110. The second-order valence-corrected chi connectivity index (χ2v) is 10.7. The van der Waals surface area contributed by atoms with Gasteiger partial charge in [-0.25, -0.2) is 9.97 Å². The second-order valence-electron chi connectivity index (χ2n) is 10.7. The highest BCUT2D eigenvalue weighted by Crippen LogP contribution is 2.36. The minimum Gasteiger partial charge on any atom is -0.256 e. The van der Waals surface area contributed by atoms with Crippen molar-refractivity contribution in [1.82, 2.24) is 19.9 Å². The second kappa shape index (κ2) is 11.0. The van der Waals surface area contributed by atoms with Crippen LogP contribution in [0.3, 0.4) is 0 Å². The normalized spacial score (nSPS) is 11.2. The van der Waals surface area contributed by atoms with E-state index in [1.165, 1.54) is 10.8 Å². The molecule has 0 saturated carbocycles. The van der Waals surface area contributed by atoms with Crippen LogP contribution >= 0.6 is 0 Å². The fraction of sp³-hybridized carbons (Fsp3) is 0. The molecule has 4 heteroatoms. The van der Waals surface area contributed by atoms with Crippen molar-refractivity contribution in [1.29, 1.82) is 0 Å². The molecule has 0 amide bonds. The van der Waals surface area contributed by atoms with Crippen molar-refractivity contribution >= 4 is 21.5 Å². The van der Waals surface area contributed by atoms with E-state index in [-0.39, 0.29) is 0 Å². The first-order valence-corrected chi connectivity index (χ1v) is 14.6. The predicted octanol–water partition coefficient (Wildman–Crippen LogP) is 9.91. The summed E-state index contributed by atoms with van der Waals surface area (Å²) in [5, 5.41) is 4.65. The summed E-state index contributed by atoms with van der Waals surface area (Å²) in [6.07, 6.45) is 3.64. The SMILES string of the molecule is c1ccc(-c2cc(-c3ccccn3)cc(-c3nc(-c4cccc5ccccc45)cc(-c4cccc5ccccc45)n3)c2)nc1. The first-order valence-electron chi connectivity index (χ1n) is 14.6. The van der Waals surface area contributed by atoms with Gasteiger partial charge in [0, 0.05) is 40.2 Å². The Kier molecular flexibility index (Phi) is 6.43. The van der Waals surface area contributed by atoms with Gasteiger partial charge in [-0.05, 0) is 70.1 Å². The Morgan fingerprint density at radius 1 is 0.341 bits per heavy atom. The summed E-state index contributed by atoms with van der Waals surface area (Å²) in [4.78, 5) is 19.8. The number of benzene rings is 5. The maximum atomic E-state index is 5.25. The number of hydrogen-bond donors (Lipinski definition) is 0. The molecule has 0 unspecified atom stereocenters. The molecular formula is C40H26N4. The maximum absolute atomic E-state index is 5.25. The lowest BCUT2D eigenvalue weighted by molar-refractivity contribution is 1.19. The molecule has 0 N–H and O–H groups in total. The molecule has 0 radical (unpaired) electrons. The van der Waals surface area contributed by atoms with E-state index >= 15 is 0 Å². The van der Waals surface area contributed by atoms with Crippen LogP contribution in [0.5, 0.6) is 0 Å². The van der Waals surface area contributed by atoms with Crippen LogP contribution in [0, 0.1) is 0 Å². The van der Waals surface area contributed by atoms with E-state index in [2.05, 4.69) is 119 Å². The summed E-state index contributed by atoms with van der Waals surface area (Å²) in [7, 11) is 0. The number of rotatable bonds is 5. The van der Waals surface area contributed by atoms with Crippen molar-refractivity contribution in [2.45, 2.75) is 0 Å². The van der Waals surface area contributed by atoms with Gasteiger partial charge < -0.3 is 0 Å². The first kappa shape index (κ1) is 25.7. The summed E-state index contributed by atoms with van der Waals surface area (Å²) < 4.78 is 0. The fourth-order valence-corrected chi connectivity index (χ4v) is 5.87. The van der Waals surface area contributed by atoms with E-state index in [9.17, 15) is 0 Å². The number of hydrogen-bond acceptors (Lipinski definition) is 4. The predicted molar refractivity (Wildman–Crippen MR) is 180 cm³/mol. The highest BCUT2D eigenvalue weighted by molar-refractivity contribution is 5.99. The van der Waals surface area contributed by atoms with Crippen LogP contribution in [0.15, 0.2) is 158 Å². The molecule has 8 aromatic rings. The molecule has 0 atom stereocenters. The zero-order valence-corrected chi connectivity index (χ0v) is 23.8. The molecule has 3 aromatic heterocycles. The van der Waals surface area contributed by atoms with Gasteiger partial charge in [-0.3, -0.25) is 9.97 Å². The van der Waals surface area contributed by atoms with E-state index in [0.29, 0.717) is 5.82 Å². The van der Waals surface area contributed by atoms with E-state index in [4.69, 9.17) is 9.97 Å². The molecule has 0 aliphatic carbocycles. The van der Waals surface area contributed by atoms with Crippen LogP contribution in [0.25, 0.3) is 78.0 Å². The lowest BCUT2D eigenvalue weighted by Gasteiger charge is -2.14. The van der Waals surface area contributed by atoms with E-state index < -0.39 is 0 Å². The van der Waals surface area contributed by atoms with Crippen LogP contribution in [0.1, 0.15) is 0 Å². The number of pyridine rings is 2. The highest BCUT2D eigenvalue weighted by Gasteiger charge is 2.16. The Morgan fingerprint density at radius 2 is 0.795 bits per heavy atom. The van der Waals surface area contributed by atoms with Gasteiger partial charge in [-0.2, -0.15) is 0 Å². The lowest BCUT2D eigenvalue weighted by atomic mass is 9.97. The van der Waals surface area contributed by atoms with Crippen molar-refractivity contribution < 1.29 is 0 Å². The van der Waals surface area contributed by atoms with Crippen molar-refractivity contribution in [3.63, 3.8) is 0 Å². The average Bonchev–Trinajstić information content (AvgIpc) is 3.11. The number of aromatic nitrogens is 4. The Hall–Kier alpha value is -6.00. The average molecular weight is 563 g/mol. The number of nitrogens with zero attached hydrogens (tertiary/aromatic N) is 4. The third kappa shape index (κ3) is 4.79. The van der Waals surface area contributed by atoms with Crippen molar-refractivity contribution in [3.8, 4) is 56.4 Å². The molecule has 0 aliphatic heterocycles. The fourth-order valence-electron chi connectivity index (χ4n) is 5.87. The minimum atomic E-state index is 0.647. The molecule has 206 valence electrons. The molecule has 0 saturated heterocycles. The first-order chi connectivity index (χ1) is 21.8. The van der Waals surface area contributed by atoms with Crippen molar-refractivity contribution in [2.24, 2.45) is 0 Å².